The molecule has 0 saturated carbocycles. The molecule has 22 heavy (non-hydrogen) atoms. The number of rotatable bonds is 7. The molecule has 0 fully saturated rings. The Morgan fingerprint density at radius 1 is 1.27 bits per heavy atom. The molecule has 0 spiro atoms. The van der Waals surface area contributed by atoms with Crippen LogP contribution >= 0.6 is 0 Å². The number of ether oxygens (including phenoxy) is 1. The highest BCUT2D eigenvalue weighted by molar-refractivity contribution is 5.78. The minimum absolute atomic E-state index is 0.0313. The van der Waals surface area contributed by atoms with E-state index in [2.05, 4.69) is 0 Å². The average Bonchev–Trinajstić information content (AvgIpc) is 2.45. The number of carbonyl (C=O) groups excluding carboxylic acids is 2. The second kappa shape index (κ2) is 8.26. The Morgan fingerprint density at radius 3 is 2.59 bits per heavy atom. The number of hydrogen-bond acceptors (Lipinski definition) is 5. The predicted octanol–water partition coefficient (Wildman–Crippen LogP) is 1.08. The first-order valence-corrected chi connectivity index (χ1v) is 7.04. The smallest absolute Gasteiger partial charge is 0.335 e. The third-order valence-corrected chi connectivity index (χ3v) is 2.92. The van der Waals surface area contributed by atoms with Crippen LogP contribution < -0.4 is 11.2 Å². The maximum atomic E-state index is 13.0. The van der Waals surface area contributed by atoms with Gasteiger partial charge in [0.05, 0.1) is 18.7 Å². The van der Waals surface area contributed by atoms with Crippen molar-refractivity contribution < 1.29 is 18.7 Å². The molecule has 0 atom stereocenters. The number of aromatic amines is 1. The molecule has 1 heterocycles. The Balaban J connectivity index is 2.36. The number of esters is 1. The van der Waals surface area contributed by atoms with Crippen molar-refractivity contribution in [2.24, 2.45) is 5.92 Å². The first-order chi connectivity index (χ1) is 10.3. The van der Waals surface area contributed by atoms with Crippen molar-refractivity contribution in [1.82, 2.24) is 9.55 Å². The highest BCUT2D eigenvalue weighted by Gasteiger charge is 2.11. The van der Waals surface area contributed by atoms with E-state index >= 15 is 0 Å². The average molecular weight is 314 g/mol. The zero-order valence-corrected chi connectivity index (χ0v) is 12.6. The van der Waals surface area contributed by atoms with Gasteiger partial charge in [0.15, 0.2) is 0 Å². The molecule has 0 unspecified atom stereocenters. The molecule has 0 amide bonds. The first-order valence-electron chi connectivity index (χ1n) is 7.04. The Labute approximate surface area is 126 Å². The summed E-state index contributed by atoms with van der Waals surface area (Å²) < 4.78 is 18.6. The molecule has 0 radical (unpaired) electrons. The molecule has 0 bridgehead atoms. The highest BCUT2D eigenvalue weighted by atomic mass is 19.1. The summed E-state index contributed by atoms with van der Waals surface area (Å²) in [6.45, 7) is 3.75. The summed E-state index contributed by atoms with van der Waals surface area (Å²) >= 11 is 0. The number of halogens is 1. The molecule has 0 aliphatic rings. The molecule has 7 nitrogen and oxygen atoms in total. The summed E-state index contributed by atoms with van der Waals surface area (Å²) in [5.74, 6) is -2.23. The normalized spacial score (nSPS) is 10.7. The first kappa shape index (κ1) is 17.8. The van der Waals surface area contributed by atoms with E-state index in [4.69, 9.17) is 4.74 Å². The van der Waals surface area contributed by atoms with Crippen LogP contribution in [0.5, 0.6) is 0 Å². The number of unbranched alkanes of at least 4 members (excludes halogenated alkanes) is 2. The summed E-state index contributed by atoms with van der Waals surface area (Å²) in [7, 11) is 0. The van der Waals surface area contributed by atoms with Gasteiger partial charge in [-0.15, -0.1) is 0 Å². The molecule has 1 N–H and O–H groups in total. The van der Waals surface area contributed by atoms with Crippen molar-refractivity contribution in [1.29, 1.82) is 0 Å². The molecule has 0 aromatic carbocycles. The van der Waals surface area contributed by atoms with Crippen molar-refractivity contribution in [2.75, 3.05) is 6.61 Å². The molecule has 8 heteroatoms. The fourth-order valence-corrected chi connectivity index (χ4v) is 1.65. The Morgan fingerprint density at radius 2 is 1.95 bits per heavy atom. The molecule has 0 saturated heterocycles. The van der Waals surface area contributed by atoms with Crippen LogP contribution in [0.1, 0.15) is 44.3 Å². The van der Waals surface area contributed by atoms with Crippen molar-refractivity contribution in [3.63, 3.8) is 0 Å². The zero-order valence-electron chi connectivity index (χ0n) is 12.6. The van der Waals surface area contributed by atoms with Crippen LogP contribution in [0.25, 0.3) is 0 Å². The Kier molecular flexibility index (Phi) is 6.68. The lowest BCUT2D eigenvalue weighted by Crippen LogP contribution is -2.34. The van der Waals surface area contributed by atoms with Gasteiger partial charge in [-0.1, -0.05) is 13.8 Å². The molecule has 1 aromatic heterocycles. The van der Waals surface area contributed by atoms with Gasteiger partial charge in [-0.25, -0.2) is 9.36 Å². The second-order valence-corrected chi connectivity index (χ2v) is 5.13. The van der Waals surface area contributed by atoms with Crippen molar-refractivity contribution in [3.8, 4) is 0 Å². The molecule has 0 aliphatic heterocycles. The lowest BCUT2D eigenvalue weighted by atomic mass is 10.2. The van der Waals surface area contributed by atoms with Crippen LogP contribution in [0.4, 0.5) is 4.39 Å². The highest BCUT2D eigenvalue weighted by Crippen LogP contribution is 2.03. The quantitative estimate of drug-likeness (QED) is 0.600. The Bertz CT molecular complexity index is 647. The Hall–Kier alpha value is -2.25. The van der Waals surface area contributed by atoms with E-state index in [0.717, 1.165) is 0 Å². The van der Waals surface area contributed by atoms with E-state index in [1.165, 1.54) is 0 Å². The minimum Gasteiger partial charge on any atom is -0.465 e. The van der Waals surface area contributed by atoms with Crippen LogP contribution in [0, 0.1) is 11.7 Å². The van der Waals surface area contributed by atoms with Crippen LogP contribution in [-0.2, 0) is 9.53 Å². The number of H-pyrrole nitrogens is 1. The van der Waals surface area contributed by atoms with E-state index < -0.39 is 23.0 Å². The third-order valence-electron chi connectivity index (χ3n) is 2.92. The SMILES string of the molecule is CC(C)C(=O)OCCCCCC(=O)n1cc(F)c(=O)[nH]c1=O. The molecular formula is C14H19FN2O5. The summed E-state index contributed by atoms with van der Waals surface area (Å²) in [6.07, 6.45) is 2.31. The van der Waals surface area contributed by atoms with Crippen LogP contribution in [-0.4, -0.2) is 28.0 Å². The lowest BCUT2D eigenvalue weighted by molar-refractivity contribution is -0.147. The van der Waals surface area contributed by atoms with Crippen LogP contribution in [0.2, 0.25) is 0 Å². The minimum atomic E-state index is -1.19. The van der Waals surface area contributed by atoms with Gasteiger partial charge in [0, 0.05) is 6.42 Å². The fraction of sp³-hybridized carbons (Fsp3) is 0.571. The van der Waals surface area contributed by atoms with Gasteiger partial charge < -0.3 is 4.74 Å². The van der Waals surface area contributed by atoms with Crippen molar-refractivity contribution in [2.45, 2.75) is 39.5 Å². The van der Waals surface area contributed by atoms with Gasteiger partial charge in [-0.2, -0.15) is 4.39 Å². The maximum absolute atomic E-state index is 13.0. The topological polar surface area (TPSA) is 98.2 Å². The third kappa shape index (κ3) is 5.27. The summed E-state index contributed by atoms with van der Waals surface area (Å²) in [4.78, 5) is 46.9. The van der Waals surface area contributed by atoms with Gasteiger partial charge in [0.1, 0.15) is 0 Å². The molecular weight excluding hydrogens is 295 g/mol. The number of nitrogens with zero attached hydrogens (tertiary/aromatic N) is 1. The lowest BCUT2D eigenvalue weighted by Gasteiger charge is -2.07. The number of hydrogen-bond donors (Lipinski definition) is 1. The maximum Gasteiger partial charge on any atom is 0.335 e. The van der Waals surface area contributed by atoms with Gasteiger partial charge in [0.25, 0.3) is 5.56 Å². The monoisotopic (exact) mass is 314 g/mol. The number of aromatic nitrogens is 2. The molecule has 1 rings (SSSR count). The predicted molar refractivity (Wildman–Crippen MR) is 76.2 cm³/mol. The molecule has 0 aliphatic carbocycles. The van der Waals surface area contributed by atoms with Crippen molar-refractivity contribution in [3.05, 3.63) is 32.9 Å². The van der Waals surface area contributed by atoms with Crippen molar-refractivity contribution >= 4 is 11.9 Å². The number of carbonyl (C=O) groups is 2. The largest absolute Gasteiger partial charge is 0.465 e. The van der Waals surface area contributed by atoms with Gasteiger partial charge in [-0.3, -0.25) is 19.4 Å². The van der Waals surface area contributed by atoms with E-state index in [1.54, 1.807) is 18.8 Å². The van der Waals surface area contributed by atoms with E-state index in [1.807, 2.05) is 0 Å². The fourth-order valence-electron chi connectivity index (χ4n) is 1.65. The van der Waals surface area contributed by atoms with Crippen LogP contribution in [0.3, 0.4) is 0 Å². The summed E-state index contributed by atoms with van der Waals surface area (Å²) in [6, 6.07) is 0. The van der Waals surface area contributed by atoms with E-state index in [-0.39, 0.29) is 24.9 Å². The number of nitrogens with one attached hydrogen (secondary N) is 1. The second-order valence-electron chi connectivity index (χ2n) is 5.13. The zero-order chi connectivity index (χ0) is 16.7. The summed E-state index contributed by atoms with van der Waals surface area (Å²) in [5.41, 5.74) is -2.11. The summed E-state index contributed by atoms with van der Waals surface area (Å²) in [5, 5.41) is 0. The van der Waals surface area contributed by atoms with Gasteiger partial charge in [-0.05, 0) is 19.3 Å². The van der Waals surface area contributed by atoms with E-state index in [9.17, 15) is 23.6 Å². The molecule has 122 valence electrons. The standard InChI is InChI=1S/C14H19FN2O5/c1-9(2)13(20)22-7-5-3-4-6-11(18)17-8-10(15)12(19)16-14(17)21/h8-9H,3-7H2,1-2H3,(H,16,19,21). The van der Waals surface area contributed by atoms with E-state index in [0.29, 0.717) is 30.0 Å². The van der Waals surface area contributed by atoms with Gasteiger partial charge in [0.2, 0.25) is 11.7 Å². The molecule has 1 aromatic rings. The van der Waals surface area contributed by atoms with Crippen LogP contribution in [0.15, 0.2) is 15.8 Å². The van der Waals surface area contributed by atoms with Gasteiger partial charge >= 0.3 is 11.7 Å².